The molecule has 0 atom stereocenters. The van der Waals surface area contributed by atoms with E-state index < -0.39 is 5.75 Å². The first-order valence-electron chi connectivity index (χ1n) is 2.41. The van der Waals surface area contributed by atoms with Crippen LogP contribution in [0, 0.1) is 0 Å². The van der Waals surface area contributed by atoms with Crippen LogP contribution in [-0.4, -0.2) is 15.3 Å². The van der Waals surface area contributed by atoms with E-state index in [1.54, 1.807) is 0 Å². The summed E-state index contributed by atoms with van der Waals surface area (Å²) in [5, 5.41) is 26.1. The summed E-state index contributed by atoms with van der Waals surface area (Å²) < 4.78 is 0. The number of hydrogen-bond donors (Lipinski definition) is 3. The molecule has 0 aliphatic carbocycles. The molecular formula is C6H6CuO3. The Balaban J connectivity index is 0.000000810. The van der Waals surface area contributed by atoms with Crippen molar-refractivity contribution in [3.63, 3.8) is 0 Å². The molecule has 0 aliphatic heterocycles. The van der Waals surface area contributed by atoms with Crippen molar-refractivity contribution in [1.82, 2.24) is 0 Å². The van der Waals surface area contributed by atoms with E-state index in [2.05, 4.69) is 0 Å². The Morgan fingerprint density at radius 3 is 1.60 bits per heavy atom. The normalized spacial score (nSPS) is 8.40. The van der Waals surface area contributed by atoms with Gasteiger partial charge >= 0.3 is 0 Å². The number of rotatable bonds is 0. The SMILES string of the molecule is Oc1cccc(O)c1O.[Cu]. The Hall–Kier alpha value is -0.861. The van der Waals surface area contributed by atoms with Crippen molar-refractivity contribution in [2.45, 2.75) is 0 Å². The standard InChI is InChI=1S/C6H6O3.Cu/c7-4-2-1-3-5(8)6(4)9;/h1-3,7-9H;. The van der Waals surface area contributed by atoms with Gasteiger partial charge in [-0.3, -0.25) is 0 Å². The summed E-state index contributed by atoms with van der Waals surface area (Å²) in [6.07, 6.45) is 0. The van der Waals surface area contributed by atoms with Crippen LogP contribution in [0.15, 0.2) is 18.2 Å². The zero-order valence-electron chi connectivity index (χ0n) is 4.88. The van der Waals surface area contributed by atoms with Crippen molar-refractivity contribution in [1.29, 1.82) is 0 Å². The quantitative estimate of drug-likeness (QED) is 0.418. The fourth-order valence-corrected chi connectivity index (χ4v) is 0.519. The van der Waals surface area contributed by atoms with Gasteiger partial charge in [0.1, 0.15) is 0 Å². The van der Waals surface area contributed by atoms with Crippen molar-refractivity contribution in [2.75, 3.05) is 0 Å². The molecule has 3 N–H and O–H groups in total. The first-order chi connectivity index (χ1) is 4.22. The molecule has 3 nitrogen and oxygen atoms in total. The molecule has 0 saturated heterocycles. The van der Waals surface area contributed by atoms with Crippen molar-refractivity contribution in [3.05, 3.63) is 18.2 Å². The molecule has 0 amide bonds. The molecular weight excluding hydrogens is 184 g/mol. The smallest absolute Gasteiger partial charge is 0.200 e. The summed E-state index contributed by atoms with van der Waals surface area (Å²) in [5.74, 6) is -1.09. The van der Waals surface area contributed by atoms with E-state index in [1.165, 1.54) is 18.2 Å². The zero-order valence-corrected chi connectivity index (χ0v) is 5.82. The van der Waals surface area contributed by atoms with E-state index in [1.807, 2.05) is 0 Å². The minimum atomic E-state index is -0.475. The van der Waals surface area contributed by atoms with Gasteiger partial charge in [-0.2, -0.15) is 0 Å². The van der Waals surface area contributed by atoms with E-state index in [-0.39, 0.29) is 28.6 Å². The van der Waals surface area contributed by atoms with Crippen LogP contribution in [0.4, 0.5) is 0 Å². The minimum Gasteiger partial charge on any atom is -0.504 e. The molecule has 1 radical (unpaired) electrons. The summed E-state index contributed by atoms with van der Waals surface area (Å²) in [6.45, 7) is 0. The zero-order chi connectivity index (χ0) is 6.85. The summed E-state index contributed by atoms with van der Waals surface area (Å²) in [7, 11) is 0. The third kappa shape index (κ3) is 1.56. The Bertz CT molecular complexity index is 204. The Morgan fingerprint density at radius 1 is 0.900 bits per heavy atom. The fourth-order valence-electron chi connectivity index (χ4n) is 0.519. The maximum absolute atomic E-state index is 8.71. The van der Waals surface area contributed by atoms with Crippen LogP contribution in [0.2, 0.25) is 0 Å². The van der Waals surface area contributed by atoms with Crippen LogP contribution in [0.3, 0.4) is 0 Å². The number of phenols is 3. The summed E-state index contributed by atoms with van der Waals surface area (Å²) in [5.41, 5.74) is 0. The summed E-state index contributed by atoms with van der Waals surface area (Å²) >= 11 is 0. The van der Waals surface area contributed by atoms with Gasteiger partial charge in [-0.1, -0.05) is 6.07 Å². The number of hydrogen-bond acceptors (Lipinski definition) is 3. The van der Waals surface area contributed by atoms with E-state index in [0.717, 1.165) is 0 Å². The maximum Gasteiger partial charge on any atom is 0.200 e. The molecule has 0 fully saturated rings. The summed E-state index contributed by atoms with van der Waals surface area (Å²) in [4.78, 5) is 0. The Morgan fingerprint density at radius 2 is 1.30 bits per heavy atom. The molecule has 0 unspecified atom stereocenters. The molecule has 10 heavy (non-hydrogen) atoms. The van der Waals surface area contributed by atoms with Crippen molar-refractivity contribution >= 4 is 0 Å². The van der Waals surface area contributed by atoms with Crippen LogP contribution in [0.25, 0.3) is 0 Å². The second kappa shape index (κ2) is 3.34. The third-order valence-corrected chi connectivity index (χ3v) is 0.993. The van der Waals surface area contributed by atoms with E-state index in [9.17, 15) is 0 Å². The number of benzene rings is 1. The molecule has 0 saturated carbocycles. The van der Waals surface area contributed by atoms with Crippen molar-refractivity contribution < 1.29 is 32.4 Å². The first-order valence-corrected chi connectivity index (χ1v) is 2.41. The Kier molecular flexibility index (Phi) is 3.06. The van der Waals surface area contributed by atoms with Gasteiger partial charge in [-0.15, -0.1) is 0 Å². The van der Waals surface area contributed by atoms with Crippen LogP contribution in [-0.2, 0) is 17.1 Å². The van der Waals surface area contributed by atoms with Gasteiger partial charge in [0.05, 0.1) is 0 Å². The van der Waals surface area contributed by atoms with Gasteiger partial charge in [0.25, 0.3) is 0 Å². The fraction of sp³-hybridized carbons (Fsp3) is 0. The van der Waals surface area contributed by atoms with Crippen LogP contribution < -0.4 is 0 Å². The Labute approximate surface area is 68.4 Å². The van der Waals surface area contributed by atoms with Crippen LogP contribution >= 0.6 is 0 Å². The average molecular weight is 190 g/mol. The van der Waals surface area contributed by atoms with Crippen LogP contribution in [0.5, 0.6) is 17.2 Å². The third-order valence-electron chi connectivity index (χ3n) is 0.993. The van der Waals surface area contributed by atoms with Crippen molar-refractivity contribution in [3.8, 4) is 17.2 Å². The van der Waals surface area contributed by atoms with Gasteiger partial charge in [0, 0.05) is 17.1 Å². The molecule has 0 spiro atoms. The number of para-hydroxylation sites is 1. The van der Waals surface area contributed by atoms with Gasteiger partial charge in [-0.25, -0.2) is 0 Å². The molecule has 0 aromatic heterocycles. The van der Waals surface area contributed by atoms with Gasteiger partial charge in [0.2, 0.25) is 0 Å². The van der Waals surface area contributed by atoms with Gasteiger partial charge in [-0.05, 0) is 12.1 Å². The molecule has 59 valence electrons. The second-order valence-corrected chi connectivity index (χ2v) is 1.64. The molecule has 1 aromatic carbocycles. The van der Waals surface area contributed by atoms with Crippen LogP contribution in [0.1, 0.15) is 0 Å². The number of phenolic OH excluding ortho intramolecular Hbond substituents is 3. The largest absolute Gasteiger partial charge is 0.504 e. The second-order valence-electron chi connectivity index (χ2n) is 1.64. The topological polar surface area (TPSA) is 60.7 Å². The summed E-state index contributed by atoms with van der Waals surface area (Å²) in [6, 6.07) is 4.01. The van der Waals surface area contributed by atoms with E-state index in [4.69, 9.17) is 15.3 Å². The predicted octanol–water partition coefficient (Wildman–Crippen LogP) is 0.801. The average Bonchev–Trinajstić information content (AvgIpc) is 1.83. The predicted molar refractivity (Wildman–Crippen MR) is 31.4 cm³/mol. The molecule has 1 rings (SSSR count). The number of aromatic hydroxyl groups is 3. The molecule has 4 heteroatoms. The van der Waals surface area contributed by atoms with Gasteiger partial charge < -0.3 is 15.3 Å². The monoisotopic (exact) mass is 189 g/mol. The minimum absolute atomic E-state index is 0. The van der Waals surface area contributed by atoms with Gasteiger partial charge in [0.15, 0.2) is 17.2 Å². The van der Waals surface area contributed by atoms with Crippen molar-refractivity contribution in [2.24, 2.45) is 0 Å². The maximum atomic E-state index is 8.71. The molecule has 0 bridgehead atoms. The van der Waals surface area contributed by atoms with E-state index in [0.29, 0.717) is 0 Å². The van der Waals surface area contributed by atoms with E-state index >= 15 is 0 Å². The first kappa shape index (κ1) is 9.14. The molecule has 0 aliphatic rings. The molecule has 0 heterocycles. The molecule has 1 aromatic rings.